The summed E-state index contributed by atoms with van der Waals surface area (Å²) in [4.78, 5) is 12.0. The number of anilines is 1. The Balaban J connectivity index is 1.93. The first-order valence-electron chi connectivity index (χ1n) is 7.43. The second-order valence-corrected chi connectivity index (χ2v) is 8.29. The van der Waals surface area contributed by atoms with Crippen LogP contribution in [-0.2, 0) is 14.8 Å². The van der Waals surface area contributed by atoms with E-state index in [2.05, 4.69) is 39.8 Å². The van der Waals surface area contributed by atoms with E-state index in [4.69, 9.17) is 0 Å². The summed E-state index contributed by atoms with van der Waals surface area (Å²) < 4.78 is 27.3. The topological polar surface area (TPSA) is 75.3 Å². The highest BCUT2D eigenvalue weighted by molar-refractivity contribution is 9.10. The third-order valence-corrected chi connectivity index (χ3v) is 5.35. The van der Waals surface area contributed by atoms with Crippen LogP contribution in [0.5, 0.6) is 0 Å². The molecule has 5 nitrogen and oxygen atoms in total. The first kappa shape index (κ1) is 18.6. The quantitative estimate of drug-likeness (QED) is 0.764. The molecule has 0 radical (unpaired) electrons. The van der Waals surface area contributed by atoms with Crippen molar-refractivity contribution in [3.8, 4) is 0 Å². The number of hydrogen-bond acceptors (Lipinski definition) is 3. The minimum Gasteiger partial charge on any atom is -0.325 e. The Kier molecular flexibility index (Phi) is 6.15. The average Bonchev–Trinajstić information content (AvgIpc) is 2.54. The van der Waals surface area contributed by atoms with Gasteiger partial charge in [-0.05, 0) is 47.9 Å². The molecule has 1 amide bonds. The molecule has 0 saturated carbocycles. The highest BCUT2D eigenvalue weighted by Crippen LogP contribution is 2.17. The molecule has 0 aliphatic carbocycles. The standard InChI is InChI=1S/C17H19BrN2O3S/c1-12(2)13-3-7-15(8-4-13)20-17(21)11-19-24(22,23)16-9-5-14(18)6-10-16/h3-10,12,19H,11H2,1-2H3,(H,20,21). The summed E-state index contributed by atoms with van der Waals surface area (Å²) in [6, 6.07) is 13.7. The van der Waals surface area contributed by atoms with Gasteiger partial charge in [0.1, 0.15) is 0 Å². The van der Waals surface area contributed by atoms with Crippen molar-refractivity contribution in [1.29, 1.82) is 0 Å². The first-order chi connectivity index (χ1) is 11.3. The van der Waals surface area contributed by atoms with Gasteiger partial charge in [0.25, 0.3) is 0 Å². The van der Waals surface area contributed by atoms with E-state index in [-0.39, 0.29) is 11.4 Å². The highest BCUT2D eigenvalue weighted by Gasteiger charge is 2.15. The second kappa shape index (κ2) is 7.92. The van der Waals surface area contributed by atoms with Crippen LogP contribution in [0.1, 0.15) is 25.3 Å². The van der Waals surface area contributed by atoms with E-state index >= 15 is 0 Å². The third kappa shape index (κ3) is 5.15. The van der Waals surface area contributed by atoms with Crippen molar-refractivity contribution < 1.29 is 13.2 Å². The van der Waals surface area contributed by atoms with Crippen LogP contribution in [-0.4, -0.2) is 20.9 Å². The van der Waals surface area contributed by atoms with Gasteiger partial charge < -0.3 is 5.32 Å². The fourth-order valence-corrected chi connectivity index (χ4v) is 3.26. The Morgan fingerprint density at radius 1 is 1.04 bits per heavy atom. The van der Waals surface area contributed by atoms with Crippen LogP contribution in [0.2, 0.25) is 0 Å². The van der Waals surface area contributed by atoms with Gasteiger partial charge in [0.05, 0.1) is 11.4 Å². The van der Waals surface area contributed by atoms with Gasteiger partial charge in [-0.15, -0.1) is 0 Å². The molecule has 128 valence electrons. The Morgan fingerprint density at radius 2 is 1.62 bits per heavy atom. The molecular weight excluding hydrogens is 392 g/mol. The molecule has 0 bridgehead atoms. The molecule has 0 atom stereocenters. The van der Waals surface area contributed by atoms with Crippen LogP contribution in [0.25, 0.3) is 0 Å². The summed E-state index contributed by atoms with van der Waals surface area (Å²) in [6.45, 7) is 3.85. The van der Waals surface area contributed by atoms with Crippen LogP contribution >= 0.6 is 15.9 Å². The number of benzene rings is 2. The molecule has 0 fully saturated rings. The Labute approximate surface area is 150 Å². The lowest BCUT2D eigenvalue weighted by Crippen LogP contribution is -2.32. The van der Waals surface area contributed by atoms with Gasteiger partial charge in [0, 0.05) is 10.2 Å². The molecule has 0 saturated heterocycles. The maximum absolute atomic E-state index is 12.1. The first-order valence-corrected chi connectivity index (χ1v) is 9.70. The number of hydrogen-bond donors (Lipinski definition) is 2. The van der Waals surface area contributed by atoms with E-state index in [1.54, 1.807) is 24.3 Å². The minimum atomic E-state index is -3.71. The molecule has 24 heavy (non-hydrogen) atoms. The van der Waals surface area contributed by atoms with Crippen LogP contribution < -0.4 is 10.0 Å². The molecule has 2 aromatic rings. The number of carbonyl (C=O) groups excluding carboxylic acids is 1. The minimum absolute atomic E-state index is 0.111. The molecule has 2 aromatic carbocycles. The number of carbonyl (C=O) groups is 1. The summed E-state index contributed by atoms with van der Waals surface area (Å²) in [5, 5.41) is 2.67. The van der Waals surface area contributed by atoms with Crippen LogP contribution in [0.3, 0.4) is 0 Å². The molecule has 0 aliphatic rings. The zero-order chi connectivity index (χ0) is 17.7. The number of amides is 1. The molecule has 0 unspecified atom stereocenters. The maximum Gasteiger partial charge on any atom is 0.241 e. The van der Waals surface area contributed by atoms with Crippen LogP contribution in [0.4, 0.5) is 5.69 Å². The SMILES string of the molecule is CC(C)c1ccc(NC(=O)CNS(=O)(=O)c2ccc(Br)cc2)cc1. The monoisotopic (exact) mass is 410 g/mol. The number of halogens is 1. The fourth-order valence-electron chi connectivity index (χ4n) is 2.01. The van der Waals surface area contributed by atoms with Crippen molar-refractivity contribution in [2.75, 3.05) is 11.9 Å². The highest BCUT2D eigenvalue weighted by atomic mass is 79.9. The molecule has 0 aromatic heterocycles. The predicted octanol–water partition coefficient (Wildman–Crippen LogP) is 3.49. The van der Waals surface area contributed by atoms with Gasteiger partial charge in [-0.25, -0.2) is 13.1 Å². The maximum atomic E-state index is 12.1. The number of sulfonamides is 1. The zero-order valence-corrected chi connectivity index (χ0v) is 15.8. The Bertz CT molecular complexity index is 801. The van der Waals surface area contributed by atoms with Gasteiger partial charge >= 0.3 is 0 Å². The van der Waals surface area contributed by atoms with Crippen molar-refractivity contribution in [3.63, 3.8) is 0 Å². The average molecular weight is 411 g/mol. The molecule has 2 rings (SSSR count). The van der Waals surface area contributed by atoms with E-state index < -0.39 is 15.9 Å². The van der Waals surface area contributed by atoms with E-state index in [9.17, 15) is 13.2 Å². The Hall–Kier alpha value is -1.70. The van der Waals surface area contributed by atoms with Crippen molar-refractivity contribution in [3.05, 3.63) is 58.6 Å². The molecule has 0 aliphatic heterocycles. The van der Waals surface area contributed by atoms with E-state index in [0.29, 0.717) is 11.6 Å². The smallest absolute Gasteiger partial charge is 0.241 e. The Morgan fingerprint density at radius 3 is 2.17 bits per heavy atom. The summed E-state index contributed by atoms with van der Waals surface area (Å²) in [7, 11) is -3.71. The predicted molar refractivity (Wildman–Crippen MR) is 98.5 cm³/mol. The van der Waals surface area contributed by atoms with Gasteiger partial charge in [0.2, 0.25) is 15.9 Å². The number of rotatable bonds is 6. The largest absolute Gasteiger partial charge is 0.325 e. The van der Waals surface area contributed by atoms with E-state index in [0.717, 1.165) is 4.47 Å². The normalized spacial score (nSPS) is 11.5. The van der Waals surface area contributed by atoms with Crippen molar-refractivity contribution in [2.45, 2.75) is 24.7 Å². The van der Waals surface area contributed by atoms with Crippen molar-refractivity contribution >= 4 is 37.5 Å². The molecule has 0 heterocycles. The van der Waals surface area contributed by atoms with E-state index in [1.807, 2.05) is 12.1 Å². The van der Waals surface area contributed by atoms with Gasteiger partial charge in [-0.1, -0.05) is 41.9 Å². The van der Waals surface area contributed by atoms with Crippen molar-refractivity contribution in [1.82, 2.24) is 4.72 Å². The zero-order valence-electron chi connectivity index (χ0n) is 13.4. The third-order valence-electron chi connectivity index (χ3n) is 3.41. The summed E-state index contributed by atoms with van der Waals surface area (Å²) >= 11 is 3.25. The summed E-state index contributed by atoms with van der Waals surface area (Å²) in [6.07, 6.45) is 0. The van der Waals surface area contributed by atoms with E-state index in [1.165, 1.54) is 17.7 Å². The second-order valence-electron chi connectivity index (χ2n) is 5.60. The molecular formula is C17H19BrN2O3S. The lowest BCUT2D eigenvalue weighted by molar-refractivity contribution is -0.115. The van der Waals surface area contributed by atoms with Gasteiger partial charge in [0.15, 0.2) is 0 Å². The fraction of sp³-hybridized carbons (Fsp3) is 0.235. The lowest BCUT2D eigenvalue weighted by Gasteiger charge is -2.09. The van der Waals surface area contributed by atoms with Crippen LogP contribution in [0.15, 0.2) is 57.9 Å². The molecule has 7 heteroatoms. The lowest BCUT2D eigenvalue weighted by atomic mass is 10.0. The van der Waals surface area contributed by atoms with Gasteiger partial charge in [-0.2, -0.15) is 0 Å². The van der Waals surface area contributed by atoms with Gasteiger partial charge in [-0.3, -0.25) is 4.79 Å². The van der Waals surface area contributed by atoms with Crippen molar-refractivity contribution in [2.24, 2.45) is 0 Å². The summed E-state index contributed by atoms with van der Waals surface area (Å²) in [5.41, 5.74) is 1.80. The summed E-state index contributed by atoms with van der Waals surface area (Å²) in [5.74, 6) is -0.0135. The number of nitrogens with one attached hydrogen (secondary N) is 2. The molecule has 2 N–H and O–H groups in total. The molecule has 0 spiro atoms. The van der Waals surface area contributed by atoms with Crippen LogP contribution in [0, 0.1) is 0 Å².